The molecule has 0 radical (unpaired) electrons. The van der Waals surface area contributed by atoms with Crippen LogP contribution in [-0.4, -0.2) is 27.6 Å². The highest BCUT2D eigenvalue weighted by Crippen LogP contribution is 2.32. The van der Waals surface area contributed by atoms with Crippen LogP contribution in [0.25, 0.3) is 6.08 Å². The number of nitrogens with zero attached hydrogens (tertiary/aromatic N) is 1. The summed E-state index contributed by atoms with van der Waals surface area (Å²) in [5, 5.41) is 2.58. The highest BCUT2D eigenvalue weighted by Gasteiger charge is 2.31. The second-order valence-electron chi connectivity index (χ2n) is 5.63. The number of hydrogen-bond donors (Lipinski definition) is 1. The fraction of sp³-hybridized carbons (Fsp3) is 0.167. The van der Waals surface area contributed by atoms with Crippen LogP contribution in [-0.2, 0) is 9.59 Å². The standard InChI is InChI=1S/C18H14ClFN2O3S2/c19-13-9-11(5-6-14(13)20)21-16(23)4-1-7-22-17(24)15(27-18(22)26)10-12-3-2-8-25-12/h2-3,5-6,8-10H,1,4,7H2,(H,21,23). The molecule has 2 amide bonds. The van der Waals surface area contributed by atoms with Gasteiger partial charge in [0, 0.05) is 24.7 Å². The van der Waals surface area contributed by atoms with Gasteiger partial charge in [0.25, 0.3) is 5.91 Å². The van der Waals surface area contributed by atoms with E-state index in [1.807, 2.05) is 0 Å². The van der Waals surface area contributed by atoms with Gasteiger partial charge in [-0.3, -0.25) is 14.5 Å². The molecule has 1 saturated heterocycles. The molecule has 1 N–H and O–H groups in total. The first-order valence-corrected chi connectivity index (χ1v) is 9.58. The summed E-state index contributed by atoms with van der Waals surface area (Å²) in [6, 6.07) is 7.44. The SMILES string of the molecule is O=C(CCCN1C(=O)C(=Cc2ccco2)SC1=S)Nc1ccc(F)c(Cl)c1. The molecule has 1 fully saturated rings. The minimum absolute atomic E-state index is 0.0614. The number of rotatable bonds is 6. The molecule has 0 unspecified atom stereocenters. The summed E-state index contributed by atoms with van der Waals surface area (Å²) in [5.74, 6) is -0.430. The fourth-order valence-electron chi connectivity index (χ4n) is 2.39. The maximum absolute atomic E-state index is 13.1. The van der Waals surface area contributed by atoms with Crippen molar-refractivity contribution in [3.8, 4) is 0 Å². The zero-order valence-electron chi connectivity index (χ0n) is 13.9. The van der Waals surface area contributed by atoms with E-state index in [2.05, 4.69) is 5.32 Å². The third-order valence-electron chi connectivity index (χ3n) is 3.68. The summed E-state index contributed by atoms with van der Waals surface area (Å²) in [5.41, 5.74) is 0.415. The van der Waals surface area contributed by atoms with Gasteiger partial charge < -0.3 is 9.73 Å². The molecule has 140 valence electrons. The van der Waals surface area contributed by atoms with E-state index in [1.165, 1.54) is 41.1 Å². The highest BCUT2D eigenvalue weighted by molar-refractivity contribution is 8.26. The lowest BCUT2D eigenvalue weighted by atomic mass is 10.2. The Bertz CT molecular complexity index is 915. The van der Waals surface area contributed by atoms with Crippen LogP contribution >= 0.6 is 35.6 Å². The molecule has 2 heterocycles. The molecule has 3 rings (SSSR count). The van der Waals surface area contributed by atoms with Crippen molar-refractivity contribution in [3.05, 3.63) is 58.1 Å². The minimum atomic E-state index is -0.549. The first kappa shape index (κ1) is 19.6. The third-order valence-corrected chi connectivity index (χ3v) is 5.35. The normalized spacial score (nSPS) is 15.6. The van der Waals surface area contributed by atoms with Gasteiger partial charge in [-0.2, -0.15) is 0 Å². The van der Waals surface area contributed by atoms with Crippen LogP contribution in [0, 0.1) is 5.82 Å². The maximum Gasteiger partial charge on any atom is 0.266 e. The number of anilines is 1. The van der Waals surface area contributed by atoms with Gasteiger partial charge in [0.2, 0.25) is 5.91 Å². The number of thiocarbonyl (C=S) groups is 1. The van der Waals surface area contributed by atoms with E-state index >= 15 is 0 Å². The topological polar surface area (TPSA) is 62.6 Å². The van der Waals surface area contributed by atoms with E-state index < -0.39 is 5.82 Å². The average Bonchev–Trinajstić information content (AvgIpc) is 3.22. The Kier molecular flexibility index (Phi) is 6.30. The van der Waals surface area contributed by atoms with Crippen molar-refractivity contribution in [2.24, 2.45) is 0 Å². The van der Waals surface area contributed by atoms with Crippen LogP contribution in [0.4, 0.5) is 10.1 Å². The average molecular weight is 425 g/mol. The van der Waals surface area contributed by atoms with Gasteiger partial charge in [-0.05, 0) is 36.8 Å². The Morgan fingerprint density at radius 1 is 1.41 bits per heavy atom. The summed E-state index contributed by atoms with van der Waals surface area (Å²) in [7, 11) is 0. The molecule has 0 spiro atoms. The third kappa shape index (κ3) is 4.97. The second kappa shape index (κ2) is 8.69. The minimum Gasteiger partial charge on any atom is -0.465 e. The van der Waals surface area contributed by atoms with E-state index in [-0.39, 0.29) is 23.3 Å². The predicted molar refractivity (Wildman–Crippen MR) is 108 cm³/mol. The molecule has 0 bridgehead atoms. The molecular formula is C18H14ClFN2O3S2. The lowest BCUT2D eigenvalue weighted by Gasteiger charge is -2.14. The predicted octanol–water partition coefficient (Wildman–Crippen LogP) is 4.69. The van der Waals surface area contributed by atoms with Crippen LogP contribution in [0.15, 0.2) is 45.9 Å². The molecule has 27 heavy (non-hydrogen) atoms. The number of hydrogen-bond acceptors (Lipinski definition) is 5. The zero-order valence-corrected chi connectivity index (χ0v) is 16.3. The number of furan rings is 1. The van der Waals surface area contributed by atoms with Crippen LogP contribution in [0.3, 0.4) is 0 Å². The van der Waals surface area contributed by atoms with Crippen molar-refractivity contribution in [1.82, 2.24) is 4.90 Å². The van der Waals surface area contributed by atoms with Gasteiger partial charge in [-0.25, -0.2) is 4.39 Å². The van der Waals surface area contributed by atoms with Crippen LogP contribution < -0.4 is 5.32 Å². The lowest BCUT2D eigenvalue weighted by Crippen LogP contribution is -2.29. The molecular weight excluding hydrogens is 411 g/mol. The zero-order chi connectivity index (χ0) is 19.4. The lowest BCUT2D eigenvalue weighted by molar-refractivity contribution is -0.122. The van der Waals surface area contributed by atoms with E-state index in [1.54, 1.807) is 18.2 Å². The number of thioether (sulfide) groups is 1. The summed E-state index contributed by atoms with van der Waals surface area (Å²) in [6.07, 6.45) is 3.79. The van der Waals surface area contributed by atoms with Gasteiger partial charge in [0.1, 0.15) is 15.9 Å². The monoisotopic (exact) mass is 424 g/mol. The van der Waals surface area contributed by atoms with Gasteiger partial charge in [0.15, 0.2) is 0 Å². The second-order valence-corrected chi connectivity index (χ2v) is 7.71. The molecule has 1 aromatic heterocycles. The Morgan fingerprint density at radius 3 is 2.93 bits per heavy atom. The first-order chi connectivity index (χ1) is 12.9. The summed E-state index contributed by atoms with van der Waals surface area (Å²) in [6.45, 7) is 0.331. The molecule has 2 aromatic rings. The molecule has 9 heteroatoms. The number of carbonyl (C=O) groups excluding carboxylic acids is 2. The molecule has 0 aliphatic carbocycles. The Labute approximate surface area is 169 Å². The van der Waals surface area contributed by atoms with Gasteiger partial charge >= 0.3 is 0 Å². The number of benzene rings is 1. The molecule has 1 aliphatic heterocycles. The first-order valence-electron chi connectivity index (χ1n) is 7.98. The summed E-state index contributed by atoms with van der Waals surface area (Å²) < 4.78 is 18.8. The summed E-state index contributed by atoms with van der Waals surface area (Å²) >= 11 is 12.1. The Balaban J connectivity index is 1.51. The van der Waals surface area contributed by atoms with Crippen molar-refractivity contribution in [2.75, 3.05) is 11.9 Å². The van der Waals surface area contributed by atoms with Crippen LogP contribution in [0.2, 0.25) is 5.02 Å². The van der Waals surface area contributed by atoms with Crippen molar-refractivity contribution >= 4 is 63.5 Å². The molecule has 0 saturated carbocycles. The van der Waals surface area contributed by atoms with Crippen LogP contribution in [0.1, 0.15) is 18.6 Å². The van der Waals surface area contributed by atoms with E-state index in [0.29, 0.717) is 33.6 Å². The Morgan fingerprint density at radius 2 is 2.22 bits per heavy atom. The molecule has 1 aromatic carbocycles. The fourth-order valence-corrected chi connectivity index (χ4v) is 3.86. The van der Waals surface area contributed by atoms with Crippen LogP contribution in [0.5, 0.6) is 0 Å². The van der Waals surface area contributed by atoms with Crippen molar-refractivity contribution < 1.29 is 18.4 Å². The van der Waals surface area contributed by atoms with E-state index in [9.17, 15) is 14.0 Å². The number of halogens is 2. The van der Waals surface area contributed by atoms with Gasteiger partial charge in [0.05, 0.1) is 16.2 Å². The highest BCUT2D eigenvalue weighted by atomic mass is 35.5. The van der Waals surface area contributed by atoms with Crippen molar-refractivity contribution in [3.63, 3.8) is 0 Å². The summed E-state index contributed by atoms with van der Waals surface area (Å²) in [4.78, 5) is 26.4. The van der Waals surface area contributed by atoms with E-state index in [4.69, 9.17) is 28.2 Å². The number of nitrogens with one attached hydrogen (secondary N) is 1. The largest absolute Gasteiger partial charge is 0.465 e. The van der Waals surface area contributed by atoms with Gasteiger partial charge in [-0.15, -0.1) is 0 Å². The van der Waals surface area contributed by atoms with Crippen molar-refractivity contribution in [1.29, 1.82) is 0 Å². The van der Waals surface area contributed by atoms with Gasteiger partial charge in [-0.1, -0.05) is 35.6 Å². The van der Waals surface area contributed by atoms with Crippen molar-refractivity contribution in [2.45, 2.75) is 12.8 Å². The smallest absolute Gasteiger partial charge is 0.266 e. The molecule has 0 atom stereocenters. The quantitative estimate of drug-likeness (QED) is 0.538. The van der Waals surface area contributed by atoms with E-state index in [0.717, 1.165) is 0 Å². The molecule has 5 nitrogen and oxygen atoms in total. The number of carbonyl (C=O) groups is 2. The number of amides is 2. The Hall–Kier alpha value is -2.16. The molecule has 1 aliphatic rings. The maximum atomic E-state index is 13.1.